The van der Waals surface area contributed by atoms with Crippen molar-refractivity contribution in [2.24, 2.45) is 0 Å². The fourth-order valence-corrected chi connectivity index (χ4v) is 2.13. The number of hydrogen-bond donors (Lipinski definition) is 1. The minimum atomic E-state index is 0. The van der Waals surface area contributed by atoms with Crippen molar-refractivity contribution in [1.29, 1.82) is 0 Å². The summed E-state index contributed by atoms with van der Waals surface area (Å²) in [6.45, 7) is 5.29. The van der Waals surface area contributed by atoms with E-state index in [0.717, 1.165) is 10.8 Å². The van der Waals surface area contributed by atoms with Crippen LogP contribution in [-0.4, -0.2) is 31.0 Å². The summed E-state index contributed by atoms with van der Waals surface area (Å²) >= 11 is 1.52. The van der Waals surface area contributed by atoms with Gasteiger partial charge < -0.3 is 5.32 Å². The van der Waals surface area contributed by atoms with Crippen molar-refractivity contribution in [3.63, 3.8) is 0 Å². The van der Waals surface area contributed by atoms with Crippen LogP contribution in [0, 0.1) is 6.92 Å². The number of anilines is 1. The standard InChI is InChI=1S/C10H17N3OS.ClH/c1-4-13(9(14)5-6-11-3)10-12-8(2)7-15-10;/h7,11H,4-6H2,1-3H3;1H. The van der Waals surface area contributed by atoms with Crippen LogP contribution in [0.2, 0.25) is 0 Å². The molecule has 6 heteroatoms. The van der Waals surface area contributed by atoms with Crippen LogP contribution in [0.15, 0.2) is 5.38 Å². The Hall–Kier alpha value is -0.650. The van der Waals surface area contributed by atoms with Gasteiger partial charge in [0, 0.05) is 24.9 Å². The Balaban J connectivity index is 0.00000225. The van der Waals surface area contributed by atoms with Crippen molar-refractivity contribution < 1.29 is 4.79 Å². The summed E-state index contributed by atoms with van der Waals surface area (Å²) in [5.74, 6) is 0.126. The number of amides is 1. The van der Waals surface area contributed by atoms with Gasteiger partial charge in [-0.05, 0) is 20.9 Å². The first-order valence-corrected chi connectivity index (χ1v) is 5.94. The van der Waals surface area contributed by atoms with E-state index >= 15 is 0 Å². The van der Waals surface area contributed by atoms with Crippen LogP contribution < -0.4 is 10.2 Å². The third-order valence-electron chi connectivity index (χ3n) is 2.04. The van der Waals surface area contributed by atoms with Gasteiger partial charge in [0.25, 0.3) is 0 Å². The first kappa shape index (κ1) is 15.3. The zero-order chi connectivity index (χ0) is 11.3. The van der Waals surface area contributed by atoms with E-state index in [2.05, 4.69) is 10.3 Å². The van der Waals surface area contributed by atoms with Gasteiger partial charge in [0.15, 0.2) is 5.13 Å². The predicted molar refractivity (Wildman–Crippen MR) is 70.7 cm³/mol. The highest BCUT2D eigenvalue weighted by atomic mass is 35.5. The molecule has 4 nitrogen and oxygen atoms in total. The molecule has 0 aromatic carbocycles. The number of hydrogen-bond acceptors (Lipinski definition) is 4. The number of rotatable bonds is 5. The van der Waals surface area contributed by atoms with Gasteiger partial charge in [-0.2, -0.15) is 0 Å². The first-order valence-electron chi connectivity index (χ1n) is 5.06. The lowest BCUT2D eigenvalue weighted by Gasteiger charge is -2.17. The molecule has 0 atom stereocenters. The SMILES string of the molecule is CCN(C(=O)CCNC)c1nc(C)cs1.Cl. The molecule has 0 spiro atoms. The van der Waals surface area contributed by atoms with Gasteiger partial charge in [-0.15, -0.1) is 23.7 Å². The summed E-state index contributed by atoms with van der Waals surface area (Å²) in [6.07, 6.45) is 0.517. The van der Waals surface area contributed by atoms with Gasteiger partial charge in [-0.25, -0.2) is 4.98 Å². The van der Waals surface area contributed by atoms with E-state index in [1.807, 2.05) is 26.3 Å². The fourth-order valence-electron chi connectivity index (χ4n) is 1.25. The topological polar surface area (TPSA) is 45.2 Å². The van der Waals surface area contributed by atoms with E-state index in [1.165, 1.54) is 11.3 Å². The molecule has 1 heterocycles. The molecule has 0 radical (unpaired) electrons. The zero-order valence-electron chi connectivity index (χ0n) is 9.82. The van der Waals surface area contributed by atoms with E-state index in [9.17, 15) is 4.79 Å². The van der Waals surface area contributed by atoms with Crippen molar-refractivity contribution in [2.75, 3.05) is 25.0 Å². The molecule has 1 rings (SSSR count). The van der Waals surface area contributed by atoms with Crippen LogP contribution in [0.5, 0.6) is 0 Å². The summed E-state index contributed by atoms with van der Waals surface area (Å²) in [5, 5.41) is 5.73. The Labute approximate surface area is 106 Å². The minimum Gasteiger partial charge on any atom is -0.319 e. The molecule has 0 aliphatic heterocycles. The normalized spacial score (nSPS) is 9.69. The number of halogens is 1. The monoisotopic (exact) mass is 263 g/mol. The number of carbonyl (C=O) groups is 1. The highest BCUT2D eigenvalue weighted by molar-refractivity contribution is 7.14. The molecule has 0 saturated heterocycles. The molecule has 0 aliphatic carbocycles. The third kappa shape index (κ3) is 4.08. The van der Waals surface area contributed by atoms with E-state index in [0.29, 0.717) is 19.5 Å². The molecule has 0 bridgehead atoms. The Morgan fingerprint density at radius 3 is 2.75 bits per heavy atom. The summed E-state index contributed by atoms with van der Waals surface area (Å²) in [5.41, 5.74) is 0.967. The molecular formula is C10H18ClN3OS. The fraction of sp³-hybridized carbons (Fsp3) is 0.600. The highest BCUT2D eigenvalue weighted by Gasteiger charge is 2.15. The molecule has 0 unspecified atom stereocenters. The van der Waals surface area contributed by atoms with Crippen molar-refractivity contribution >= 4 is 34.8 Å². The number of aromatic nitrogens is 1. The zero-order valence-corrected chi connectivity index (χ0v) is 11.5. The predicted octanol–water partition coefficient (Wildman–Crippen LogP) is 1.84. The maximum absolute atomic E-state index is 11.8. The Kier molecular flexibility index (Phi) is 7.29. The summed E-state index contributed by atoms with van der Waals surface area (Å²) < 4.78 is 0. The van der Waals surface area contributed by atoms with Gasteiger partial charge in [0.05, 0.1) is 5.69 Å². The largest absolute Gasteiger partial charge is 0.319 e. The second-order valence-corrected chi connectivity index (χ2v) is 4.10. The molecule has 0 aliphatic rings. The number of nitrogens with zero attached hydrogens (tertiary/aromatic N) is 2. The second kappa shape index (κ2) is 7.60. The number of nitrogens with one attached hydrogen (secondary N) is 1. The van der Waals surface area contributed by atoms with Gasteiger partial charge >= 0.3 is 0 Å². The van der Waals surface area contributed by atoms with Crippen LogP contribution in [0.25, 0.3) is 0 Å². The van der Waals surface area contributed by atoms with Crippen molar-refractivity contribution in [2.45, 2.75) is 20.3 Å². The lowest BCUT2D eigenvalue weighted by molar-refractivity contribution is -0.118. The Bertz CT molecular complexity index is 330. The maximum atomic E-state index is 11.8. The number of aryl methyl sites for hydroxylation is 1. The van der Waals surface area contributed by atoms with Crippen LogP contribution >= 0.6 is 23.7 Å². The average Bonchev–Trinajstić information content (AvgIpc) is 2.63. The first-order chi connectivity index (χ1) is 7.19. The van der Waals surface area contributed by atoms with Gasteiger partial charge in [0.1, 0.15) is 0 Å². The van der Waals surface area contributed by atoms with Crippen molar-refractivity contribution in [3.05, 3.63) is 11.1 Å². The van der Waals surface area contributed by atoms with E-state index in [4.69, 9.17) is 0 Å². The van der Waals surface area contributed by atoms with E-state index in [-0.39, 0.29) is 18.3 Å². The van der Waals surface area contributed by atoms with Crippen LogP contribution in [0.1, 0.15) is 19.0 Å². The molecule has 1 N–H and O–H groups in total. The van der Waals surface area contributed by atoms with Gasteiger partial charge in [0.2, 0.25) is 5.91 Å². The minimum absolute atomic E-state index is 0. The second-order valence-electron chi connectivity index (χ2n) is 3.26. The highest BCUT2D eigenvalue weighted by Crippen LogP contribution is 2.20. The smallest absolute Gasteiger partial charge is 0.230 e. The summed E-state index contributed by atoms with van der Waals surface area (Å²) in [7, 11) is 1.84. The van der Waals surface area contributed by atoms with E-state index in [1.54, 1.807) is 4.90 Å². The number of thiazole rings is 1. The lowest BCUT2D eigenvalue weighted by Crippen LogP contribution is -2.32. The number of carbonyl (C=O) groups excluding carboxylic acids is 1. The van der Waals surface area contributed by atoms with Gasteiger partial charge in [-0.3, -0.25) is 9.69 Å². The molecule has 16 heavy (non-hydrogen) atoms. The van der Waals surface area contributed by atoms with Crippen LogP contribution in [-0.2, 0) is 4.79 Å². The van der Waals surface area contributed by atoms with Crippen LogP contribution in [0.3, 0.4) is 0 Å². The molecule has 0 fully saturated rings. The van der Waals surface area contributed by atoms with Gasteiger partial charge in [-0.1, -0.05) is 0 Å². The molecule has 1 aromatic heterocycles. The van der Waals surface area contributed by atoms with Crippen LogP contribution in [0.4, 0.5) is 5.13 Å². The maximum Gasteiger partial charge on any atom is 0.230 e. The average molecular weight is 264 g/mol. The van der Waals surface area contributed by atoms with Crippen molar-refractivity contribution in [1.82, 2.24) is 10.3 Å². The molecule has 0 saturated carbocycles. The Morgan fingerprint density at radius 1 is 1.62 bits per heavy atom. The molecule has 92 valence electrons. The third-order valence-corrected chi connectivity index (χ3v) is 3.03. The molecule has 1 amide bonds. The quantitative estimate of drug-likeness (QED) is 0.882. The van der Waals surface area contributed by atoms with E-state index < -0.39 is 0 Å². The summed E-state index contributed by atoms with van der Waals surface area (Å²) in [6, 6.07) is 0. The Morgan fingerprint density at radius 2 is 2.31 bits per heavy atom. The molecule has 1 aromatic rings. The summed E-state index contributed by atoms with van der Waals surface area (Å²) in [4.78, 5) is 17.8. The molecular weight excluding hydrogens is 246 g/mol. The van der Waals surface area contributed by atoms with Crippen molar-refractivity contribution in [3.8, 4) is 0 Å². The lowest BCUT2D eigenvalue weighted by atomic mass is 10.3.